The van der Waals surface area contributed by atoms with Gasteiger partial charge in [-0.25, -0.2) is 0 Å². The molecule has 0 atom stereocenters. The summed E-state index contributed by atoms with van der Waals surface area (Å²) in [5, 5.41) is 3.39. The van der Waals surface area contributed by atoms with Gasteiger partial charge in [0.2, 0.25) is 5.91 Å². The molecular weight excluding hydrogens is 346 g/mol. The molecule has 28 heavy (non-hydrogen) atoms. The molecule has 1 heterocycles. The Labute approximate surface area is 166 Å². The summed E-state index contributed by atoms with van der Waals surface area (Å²) in [6.45, 7) is 3.74. The quantitative estimate of drug-likeness (QED) is 0.722. The summed E-state index contributed by atoms with van der Waals surface area (Å²) >= 11 is 0. The maximum absolute atomic E-state index is 12.2. The highest BCUT2D eigenvalue weighted by Gasteiger charge is 2.20. The molecule has 3 N–H and O–H groups in total. The minimum absolute atomic E-state index is 0.371. The average molecular weight is 371 g/mol. The lowest BCUT2D eigenvalue weighted by Crippen LogP contribution is -2.44. The zero-order chi connectivity index (χ0) is 19.3. The fraction of sp³-hybridized carbons (Fsp3) is 0.208. The average Bonchev–Trinajstić information content (AvgIpc) is 2.75. The van der Waals surface area contributed by atoms with Crippen molar-refractivity contribution in [2.45, 2.75) is 6.42 Å². The van der Waals surface area contributed by atoms with E-state index in [-0.39, 0.29) is 5.91 Å². The fourth-order valence-electron chi connectivity index (χ4n) is 3.96. The van der Waals surface area contributed by atoms with Crippen molar-refractivity contribution in [3.05, 3.63) is 89.5 Å². The Bertz CT molecular complexity index is 963. The van der Waals surface area contributed by atoms with E-state index in [2.05, 4.69) is 64.8 Å². The van der Waals surface area contributed by atoms with Crippen LogP contribution in [-0.2, 0) is 6.42 Å². The maximum atomic E-state index is 12.2. The molecule has 0 aromatic heterocycles. The molecule has 3 aromatic rings. The third-order valence-electron chi connectivity index (χ3n) is 5.34. The first-order chi connectivity index (χ1) is 13.7. The van der Waals surface area contributed by atoms with Crippen LogP contribution in [-0.4, -0.2) is 32.1 Å². The molecule has 1 amide bonds. The van der Waals surface area contributed by atoms with Crippen molar-refractivity contribution in [1.29, 1.82) is 0 Å². The number of hydrogen-bond acceptors (Lipinski definition) is 3. The SMILES string of the molecule is NC(=O)c1cccc(N2CCNCC2)c1Cc1ccccc1-c1ccccc1. The Kier molecular flexibility index (Phi) is 5.40. The minimum atomic E-state index is -0.371. The molecule has 1 saturated heterocycles. The molecule has 4 rings (SSSR count). The van der Waals surface area contributed by atoms with E-state index in [0.717, 1.165) is 37.4 Å². The second-order valence-electron chi connectivity index (χ2n) is 7.10. The number of primary amides is 1. The van der Waals surface area contributed by atoms with Gasteiger partial charge in [0.15, 0.2) is 0 Å². The Morgan fingerprint density at radius 3 is 2.36 bits per heavy atom. The smallest absolute Gasteiger partial charge is 0.249 e. The van der Waals surface area contributed by atoms with Gasteiger partial charge in [0.05, 0.1) is 0 Å². The first kappa shape index (κ1) is 18.3. The Hall–Kier alpha value is -3.11. The normalized spacial score (nSPS) is 14.1. The van der Waals surface area contributed by atoms with E-state index < -0.39 is 0 Å². The Morgan fingerprint density at radius 1 is 0.893 bits per heavy atom. The number of piperazine rings is 1. The van der Waals surface area contributed by atoms with Gasteiger partial charge in [-0.1, -0.05) is 60.7 Å². The van der Waals surface area contributed by atoms with Crippen LogP contribution in [0.1, 0.15) is 21.5 Å². The van der Waals surface area contributed by atoms with Crippen LogP contribution in [0.15, 0.2) is 72.8 Å². The van der Waals surface area contributed by atoms with E-state index in [1.165, 1.54) is 16.7 Å². The first-order valence-corrected chi connectivity index (χ1v) is 9.75. The lowest BCUT2D eigenvalue weighted by molar-refractivity contribution is 0.0999. The van der Waals surface area contributed by atoms with E-state index in [1.807, 2.05) is 18.2 Å². The highest BCUT2D eigenvalue weighted by molar-refractivity contribution is 5.96. The Morgan fingerprint density at radius 2 is 1.61 bits per heavy atom. The van der Waals surface area contributed by atoms with Gasteiger partial charge in [-0.15, -0.1) is 0 Å². The predicted molar refractivity (Wildman–Crippen MR) is 115 cm³/mol. The number of nitrogens with zero attached hydrogens (tertiary/aromatic N) is 1. The number of carbonyl (C=O) groups is 1. The zero-order valence-electron chi connectivity index (χ0n) is 15.9. The summed E-state index contributed by atoms with van der Waals surface area (Å²) < 4.78 is 0. The number of nitrogens with one attached hydrogen (secondary N) is 1. The molecule has 0 radical (unpaired) electrons. The van der Waals surface area contributed by atoms with Crippen LogP contribution in [0.4, 0.5) is 5.69 Å². The molecule has 4 heteroatoms. The maximum Gasteiger partial charge on any atom is 0.249 e. The van der Waals surface area contributed by atoms with Crippen LogP contribution < -0.4 is 16.0 Å². The molecule has 4 nitrogen and oxygen atoms in total. The fourth-order valence-corrected chi connectivity index (χ4v) is 3.96. The van der Waals surface area contributed by atoms with Crippen molar-refractivity contribution in [1.82, 2.24) is 5.32 Å². The predicted octanol–water partition coefficient (Wildman–Crippen LogP) is 3.45. The third-order valence-corrected chi connectivity index (χ3v) is 5.34. The number of amides is 1. The van der Waals surface area contributed by atoms with Crippen LogP contribution in [0, 0.1) is 0 Å². The van der Waals surface area contributed by atoms with E-state index in [1.54, 1.807) is 0 Å². The Balaban J connectivity index is 1.79. The van der Waals surface area contributed by atoms with E-state index in [4.69, 9.17) is 5.73 Å². The topological polar surface area (TPSA) is 58.4 Å². The molecule has 0 saturated carbocycles. The van der Waals surface area contributed by atoms with Crippen LogP contribution in [0.5, 0.6) is 0 Å². The highest BCUT2D eigenvalue weighted by Crippen LogP contribution is 2.31. The number of nitrogens with two attached hydrogens (primary N) is 1. The summed E-state index contributed by atoms with van der Waals surface area (Å²) in [6, 6.07) is 24.6. The van der Waals surface area contributed by atoms with Crippen molar-refractivity contribution in [2.75, 3.05) is 31.1 Å². The molecule has 0 bridgehead atoms. The van der Waals surface area contributed by atoms with Gasteiger partial charge in [-0.05, 0) is 34.4 Å². The van der Waals surface area contributed by atoms with Crippen molar-refractivity contribution < 1.29 is 4.79 Å². The van der Waals surface area contributed by atoms with Gasteiger partial charge in [-0.3, -0.25) is 4.79 Å². The van der Waals surface area contributed by atoms with Gasteiger partial charge in [0.25, 0.3) is 0 Å². The number of benzene rings is 3. The van der Waals surface area contributed by atoms with Crippen LogP contribution in [0.3, 0.4) is 0 Å². The van der Waals surface area contributed by atoms with E-state index in [9.17, 15) is 4.79 Å². The monoisotopic (exact) mass is 371 g/mol. The lowest BCUT2D eigenvalue weighted by atomic mass is 9.91. The summed E-state index contributed by atoms with van der Waals surface area (Å²) in [4.78, 5) is 14.5. The van der Waals surface area contributed by atoms with Crippen molar-refractivity contribution >= 4 is 11.6 Å². The standard InChI is InChI=1S/C24H25N3O/c25-24(28)21-11-6-12-23(27-15-13-26-14-16-27)22(21)17-19-9-4-5-10-20(19)18-7-2-1-3-8-18/h1-12,26H,13-17H2,(H2,25,28). The van der Waals surface area contributed by atoms with Gasteiger partial charge in [0.1, 0.15) is 0 Å². The van der Waals surface area contributed by atoms with Crippen LogP contribution >= 0.6 is 0 Å². The highest BCUT2D eigenvalue weighted by atomic mass is 16.1. The second kappa shape index (κ2) is 8.28. The summed E-state index contributed by atoms with van der Waals surface area (Å²) in [5.41, 5.74) is 12.0. The van der Waals surface area contributed by atoms with Crippen molar-refractivity contribution in [2.24, 2.45) is 5.73 Å². The van der Waals surface area contributed by atoms with Crippen molar-refractivity contribution in [3.8, 4) is 11.1 Å². The zero-order valence-corrected chi connectivity index (χ0v) is 15.9. The second-order valence-corrected chi connectivity index (χ2v) is 7.10. The molecule has 0 unspecified atom stereocenters. The molecule has 0 spiro atoms. The van der Waals surface area contributed by atoms with E-state index >= 15 is 0 Å². The summed E-state index contributed by atoms with van der Waals surface area (Å²) in [7, 11) is 0. The van der Waals surface area contributed by atoms with Crippen LogP contribution in [0.2, 0.25) is 0 Å². The molecule has 0 aliphatic carbocycles. The van der Waals surface area contributed by atoms with Crippen LogP contribution in [0.25, 0.3) is 11.1 Å². The minimum Gasteiger partial charge on any atom is -0.369 e. The van der Waals surface area contributed by atoms with Gasteiger partial charge >= 0.3 is 0 Å². The molecule has 1 fully saturated rings. The molecule has 3 aromatic carbocycles. The third kappa shape index (κ3) is 3.78. The molecular formula is C24H25N3O. The largest absolute Gasteiger partial charge is 0.369 e. The number of carbonyl (C=O) groups excluding carboxylic acids is 1. The number of anilines is 1. The molecule has 1 aliphatic rings. The molecule has 142 valence electrons. The number of hydrogen-bond donors (Lipinski definition) is 2. The number of rotatable bonds is 5. The lowest BCUT2D eigenvalue weighted by Gasteiger charge is -2.32. The summed E-state index contributed by atoms with van der Waals surface area (Å²) in [5.74, 6) is -0.371. The van der Waals surface area contributed by atoms with Gasteiger partial charge in [0, 0.05) is 43.9 Å². The summed E-state index contributed by atoms with van der Waals surface area (Å²) in [6.07, 6.45) is 0.670. The van der Waals surface area contributed by atoms with Crippen molar-refractivity contribution in [3.63, 3.8) is 0 Å². The van der Waals surface area contributed by atoms with Gasteiger partial charge < -0.3 is 16.0 Å². The first-order valence-electron chi connectivity index (χ1n) is 9.75. The molecule has 1 aliphatic heterocycles. The van der Waals surface area contributed by atoms with Gasteiger partial charge in [-0.2, -0.15) is 0 Å². The van der Waals surface area contributed by atoms with E-state index in [0.29, 0.717) is 12.0 Å².